The molecule has 1 saturated heterocycles. The molecule has 0 radical (unpaired) electrons. The molecule has 6 nitrogen and oxygen atoms in total. The maximum absolute atomic E-state index is 12.7. The van der Waals surface area contributed by atoms with Gasteiger partial charge in [-0.3, -0.25) is 19.5 Å². The summed E-state index contributed by atoms with van der Waals surface area (Å²) in [7, 11) is 0. The van der Waals surface area contributed by atoms with Gasteiger partial charge in [-0.25, -0.2) is 0 Å². The standard InChI is InChI=1S/C23H21N3O3/c27-22-11-10-21(23(28)25-16-17-12-14-24-15-13-17)26(22)18-6-8-20(9-7-18)29-19-4-2-1-3-5-19/h1-9,12-15,21H,10-11,16H2,(H,25,28). The first-order chi connectivity index (χ1) is 14.2. The lowest BCUT2D eigenvalue weighted by molar-refractivity contribution is -0.124. The van der Waals surface area contributed by atoms with E-state index >= 15 is 0 Å². The minimum Gasteiger partial charge on any atom is -0.457 e. The lowest BCUT2D eigenvalue weighted by Gasteiger charge is -2.24. The third-order valence-corrected chi connectivity index (χ3v) is 4.82. The number of para-hydroxylation sites is 1. The maximum atomic E-state index is 12.7. The van der Waals surface area contributed by atoms with Crippen molar-refractivity contribution in [3.8, 4) is 11.5 Å². The highest BCUT2D eigenvalue weighted by atomic mass is 16.5. The van der Waals surface area contributed by atoms with Crippen molar-refractivity contribution < 1.29 is 14.3 Å². The molecule has 1 aromatic heterocycles. The van der Waals surface area contributed by atoms with Crippen LogP contribution in [-0.4, -0.2) is 22.8 Å². The highest BCUT2D eigenvalue weighted by Gasteiger charge is 2.36. The predicted octanol–water partition coefficient (Wildman–Crippen LogP) is 3.69. The Labute approximate surface area is 169 Å². The molecule has 1 unspecified atom stereocenters. The van der Waals surface area contributed by atoms with Gasteiger partial charge in [-0.05, 0) is 60.5 Å². The molecule has 3 aromatic rings. The average Bonchev–Trinajstić information content (AvgIpc) is 3.15. The van der Waals surface area contributed by atoms with Crippen LogP contribution in [0, 0.1) is 0 Å². The van der Waals surface area contributed by atoms with Crippen LogP contribution in [0.25, 0.3) is 0 Å². The summed E-state index contributed by atoms with van der Waals surface area (Å²) in [5, 5.41) is 2.92. The summed E-state index contributed by atoms with van der Waals surface area (Å²) in [5.74, 6) is 1.21. The van der Waals surface area contributed by atoms with Gasteiger partial charge in [0.1, 0.15) is 17.5 Å². The quantitative estimate of drug-likeness (QED) is 0.700. The number of carbonyl (C=O) groups excluding carboxylic acids is 2. The van der Waals surface area contributed by atoms with E-state index in [0.29, 0.717) is 30.8 Å². The van der Waals surface area contributed by atoms with E-state index in [9.17, 15) is 9.59 Å². The fraction of sp³-hybridized carbons (Fsp3) is 0.174. The molecule has 2 aromatic carbocycles. The summed E-state index contributed by atoms with van der Waals surface area (Å²) in [6.07, 6.45) is 4.23. The minimum atomic E-state index is -0.509. The van der Waals surface area contributed by atoms with Crippen LogP contribution >= 0.6 is 0 Å². The van der Waals surface area contributed by atoms with E-state index in [0.717, 1.165) is 11.3 Å². The molecule has 146 valence electrons. The molecule has 29 heavy (non-hydrogen) atoms. The maximum Gasteiger partial charge on any atom is 0.243 e. The van der Waals surface area contributed by atoms with Crippen molar-refractivity contribution in [3.63, 3.8) is 0 Å². The SMILES string of the molecule is O=C(NCc1ccncc1)C1CCC(=O)N1c1ccc(Oc2ccccc2)cc1. The summed E-state index contributed by atoms with van der Waals surface area (Å²) in [6, 6.07) is 19.9. The number of nitrogens with zero attached hydrogens (tertiary/aromatic N) is 2. The fourth-order valence-electron chi connectivity index (χ4n) is 3.36. The molecule has 0 aliphatic carbocycles. The number of aromatic nitrogens is 1. The van der Waals surface area contributed by atoms with Crippen LogP contribution < -0.4 is 15.0 Å². The molecule has 1 N–H and O–H groups in total. The largest absolute Gasteiger partial charge is 0.457 e. The highest BCUT2D eigenvalue weighted by molar-refractivity contribution is 6.03. The van der Waals surface area contributed by atoms with Crippen LogP contribution in [0.5, 0.6) is 11.5 Å². The zero-order valence-corrected chi connectivity index (χ0v) is 15.8. The number of pyridine rings is 1. The van der Waals surface area contributed by atoms with E-state index in [1.54, 1.807) is 29.4 Å². The van der Waals surface area contributed by atoms with Crippen molar-refractivity contribution in [2.24, 2.45) is 0 Å². The number of nitrogens with one attached hydrogen (secondary N) is 1. The molecule has 0 spiro atoms. The van der Waals surface area contributed by atoms with Crippen molar-refractivity contribution in [2.75, 3.05) is 4.90 Å². The Kier molecular flexibility index (Phi) is 5.52. The van der Waals surface area contributed by atoms with Gasteiger partial charge in [0.15, 0.2) is 0 Å². The van der Waals surface area contributed by atoms with Crippen molar-refractivity contribution in [1.29, 1.82) is 0 Å². The normalized spacial score (nSPS) is 15.9. The Hall–Kier alpha value is -3.67. The molecule has 1 aliphatic rings. The summed E-state index contributed by atoms with van der Waals surface area (Å²) in [4.78, 5) is 30.7. The third kappa shape index (κ3) is 4.43. The second-order valence-electron chi connectivity index (χ2n) is 6.80. The van der Waals surface area contributed by atoms with E-state index in [2.05, 4.69) is 10.3 Å². The number of rotatable bonds is 6. The summed E-state index contributed by atoms with van der Waals surface area (Å²) in [5.41, 5.74) is 1.66. The van der Waals surface area contributed by atoms with E-state index in [1.165, 1.54) is 0 Å². The molecular weight excluding hydrogens is 366 g/mol. The van der Waals surface area contributed by atoms with Gasteiger partial charge in [0.05, 0.1) is 0 Å². The first-order valence-electron chi connectivity index (χ1n) is 9.52. The molecule has 0 saturated carbocycles. The Morgan fingerprint density at radius 2 is 1.69 bits per heavy atom. The molecule has 1 aliphatic heterocycles. The third-order valence-electron chi connectivity index (χ3n) is 4.82. The smallest absolute Gasteiger partial charge is 0.243 e. The Balaban J connectivity index is 1.44. The monoisotopic (exact) mass is 387 g/mol. The zero-order valence-electron chi connectivity index (χ0n) is 15.8. The molecular formula is C23H21N3O3. The van der Waals surface area contributed by atoms with Gasteiger partial charge >= 0.3 is 0 Å². The number of hydrogen-bond acceptors (Lipinski definition) is 4. The zero-order chi connectivity index (χ0) is 20.1. The van der Waals surface area contributed by atoms with E-state index in [1.807, 2.05) is 54.6 Å². The summed E-state index contributed by atoms with van der Waals surface area (Å²) in [6.45, 7) is 0.406. The second-order valence-corrected chi connectivity index (χ2v) is 6.80. The Morgan fingerprint density at radius 1 is 1.00 bits per heavy atom. The van der Waals surface area contributed by atoms with Crippen LogP contribution in [0.3, 0.4) is 0 Å². The topological polar surface area (TPSA) is 71.5 Å². The van der Waals surface area contributed by atoms with Gasteiger partial charge in [0, 0.05) is 31.0 Å². The van der Waals surface area contributed by atoms with Gasteiger partial charge in [-0.1, -0.05) is 18.2 Å². The van der Waals surface area contributed by atoms with Gasteiger partial charge in [-0.2, -0.15) is 0 Å². The Morgan fingerprint density at radius 3 is 2.41 bits per heavy atom. The van der Waals surface area contributed by atoms with E-state index < -0.39 is 6.04 Å². The molecule has 0 bridgehead atoms. The van der Waals surface area contributed by atoms with Crippen LogP contribution in [0.2, 0.25) is 0 Å². The number of hydrogen-bond donors (Lipinski definition) is 1. The van der Waals surface area contributed by atoms with Gasteiger partial charge in [0.2, 0.25) is 11.8 Å². The summed E-state index contributed by atoms with van der Waals surface area (Å²) < 4.78 is 5.80. The van der Waals surface area contributed by atoms with Crippen LogP contribution in [0.15, 0.2) is 79.1 Å². The van der Waals surface area contributed by atoms with Crippen molar-refractivity contribution in [3.05, 3.63) is 84.7 Å². The van der Waals surface area contributed by atoms with Crippen molar-refractivity contribution >= 4 is 17.5 Å². The minimum absolute atomic E-state index is 0.0502. The number of carbonyl (C=O) groups is 2. The first kappa shape index (κ1) is 18.7. The van der Waals surface area contributed by atoms with Crippen LogP contribution in [-0.2, 0) is 16.1 Å². The second kappa shape index (κ2) is 8.56. The highest BCUT2D eigenvalue weighted by Crippen LogP contribution is 2.30. The van der Waals surface area contributed by atoms with Gasteiger partial charge in [-0.15, -0.1) is 0 Å². The molecule has 1 fully saturated rings. The van der Waals surface area contributed by atoms with Crippen LogP contribution in [0.1, 0.15) is 18.4 Å². The molecule has 4 rings (SSSR count). The van der Waals surface area contributed by atoms with Gasteiger partial charge in [0.25, 0.3) is 0 Å². The molecule has 2 amide bonds. The lowest BCUT2D eigenvalue weighted by Crippen LogP contribution is -2.44. The molecule has 6 heteroatoms. The van der Waals surface area contributed by atoms with Crippen molar-refractivity contribution in [2.45, 2.75) is 25.4 Å². The number of ether oxygens (including phenoxy) is 1. The Bertz CT molecular complexity index is 975. The summed E-state index contributed by atoms with van der Waals surface area (Å²) >= 11 is 0. The van der Waals surface area contributed by atoms with Crippen LogP contribution in [0.4, 0.5) is 5.69 Å². The first-order valence-corrected chi connectivity index (χ1v) is 9.52. The molecule has 2 heterocycles. The van der Waals surface area contributed by atoms with Crippen molar-refractivity contribution in [1.82, 2.24) is 10.3 Å². The van der Waals surface area contributed by atoms with E-state index in [4.69, 9.17) is 4.74 Å². The lowest BCUT2D eigenvalue weighted by atomic mass is 10.1. The predicted molar refractivity (Wildman–Crippen MR) is 110 cm³/mol. The fourth-order valence-corrected chi connectivity index (χ4v) is 3.36. The van der Waals surface area contributed by atoms with Gasteiger partial charge < -0.3 is 10.1 Å². The average molecular weight is 387 g/mol. The number of amides is 2. The number of benzene rings is 2. The number of anilines is 1. The molecule has 1 atom stereocenters. The van der Waals surface area contributed by atoms with E-state index in [-0.39, 0.29) is 11.8 Å².